The number of hydrogen-bond acceptors (Lipinski definition) is 6. The predicted octanol–water partition coefficient (Wildman–Crippen LogP) is 3.27. The number of aliphatic hydroxyl groups excluding tert-OH is 1. The number of ether oxygens (including phenoxy) is 1. The molecule has 0 spiro atoms. The summed E-state index contributed by atoms with van der Waals surface area (Å²) in [6.45, 7) is 7.95. The van der Waals surface area contributed by atoms with E-state index in [1.807, 2.05) is 46.0 Å². The molecule has 0 saturated carbocycles. The van der Waals surface area contributed by atoms with Crippen LogP contribution < -0.4 is 10.6 Å². The van der Waals surface area contributed by atoms with E-state index in [-0.39, 0.29) is 18.6 Å². The van der Waals surface area contributed by atoms with Crippen LogP contribution >= 0.6 is 0 Å². The van der Waals surface area contributed by atoms with Crippen LogP contribution in [0.15, 0.2) is 42.4 Å². The first kappa shape index (κ1) is 22.5. The predicted molar refractivity (Wildman–Crippen MR) is 116 cm³/mol. The minimum atomic E-state index is -0.418. The Labute approximate surface area is 171 Å². The molecule has 29 heavy (non-hydrogen) atoms. The van der Waals surface area contributed by atoms with E-state index in [1.54, 1.807) is 18.5 Å². The Morgan fingerprint density at radius 2 is 1.97 bits per heavy atom. The van der Waals surface area contributed by atoms with Crippen LogP contribution in [0, 0.1) is 0 Å². The third-order valence-corrected chi connectivity index (χ3v) is 4.53. The summed E-state index contributed by atoms with van der Waals surface area (Å²) in [5.74, 6) is 0.210. The number of nitrogens with one attached hydrogen (secondary N) is 2. The van der Waals surface area contributed by atoms with Crippen LogP contribution in [-0.4, -0.2) is 46.8 Å². The molecule has 1 amide bonds. The molecule has 1 aliphatic heterocycles. The summed E-state index contributed by atoms with van der Waals surface area (Å²) in [7, 11) is 1.47. The fourth-order valence-electron chi connectivity index (χ4n) is 3.02. The van der Waals surface area contributed by atoms with Gasteiger partial charge >= 0.3 is 0 Å². The topological polar surface area (TPSA) is 96.4 Å². The van der Waals surface area contributed by atoms with Crippen molar-refractivity contribution < 1.29 is 14.6 Å². The number of fused-ring (bicyclic) bond motifs is 1. The van der Waals surface area contributed by atoms with Gasteiger partial charge in [-0.3, -0.25) is 9.78 Å². The Morgan fingerprint density at radius 3 is 2.62 bits per heavy atom. The molecule has 0 saturated heterocycles. The summed E-state index contributed by atoms with van der Waals surface area (Å²) < 4.78 is 4.80. The van der Waals surface area contributed by atoms with Gasteiger partial charge in [0.1, 0.15) is 12.4 Å². The van der Waals surface area contributed by atoms with Gasteiger partial charge in [0.2, 0.25) is 0 Å². The number of hydrogen-bond donors (Lipinski definition) is 3. The highest BCUT2D eigenvalue weighted by atomic mass is 16.5. The van der Waals surface area contributed by atoms with Crippen molar-refractivity contribution in [2.45, 2.75) is 46.3 Å². The molecule has 156 valence electrons. The molecule has 2 aromatic rings. The normalized spacial score (nSPS) is 16.7. The second-order valence-electron chi connectivity index (χ2n) is 6.54. The lowest BCUT2D eigenvalue weighted by Crippen LogP contribution is -2.37. The van der Waals surface area contributed by atoms with Crippen LogP contribution in [0.1, 0.15) is 39.8 Å². The van der Waals surface area contributed by atoms with Gasteiger partial charge in [0.25, 0.3) is 5.91 Å². The average molecular weight is 399 g/mol. The summed E-state index contributed by atoms with van der Waals surface area (Å²) in [6, 6.07) is 3.66. The molecule has 7 nitrogen and oxygen atoms in total. The number of methoxy groups -OCH3 is 1. The van der Waals surface area contributed by atoms with Crippen LogP contribution in [0.3, 0.4) is 0 Å². The second-order valence-corrected chi connectivity index (χ2v) is 6.54. The van der Waals surface area contributed by atoms with E-state index in [9.17, 15) is 9.90 Å². The molecule has 1 aliphatic rings. The van der Waals surface area contributed by atoms with Crippen LogP contribution in [0.25, 0.3) is 16.3 Å². The third-order valence-electron chi connectivity index (χ3n) is 4.53. The van der Waals surface area contributed by atoms with Gasteiger partial charge in [0.15, 0.2) is 0 Å². The van der Waals surface area contributed by atoms with E-state index < -0.39 is 6.10 Å². The Hall–Kier alpha value is -2.77. The van der Waals surface area contributed by atoms with E-state index in [0.29, 0.717) is 12.2 Å². The van der Waals surface area contributed by atoms with Gasteiger partial charge in [0.05, 0.1) is 17.8 Å². The fraction of sp³-hybridized carbons (Fsp3) is 0.409. The molecule has 0 bridgehead atoms. The summed E-state index contributed by atoms with van der Waals surface area (Å²) in [5.41, 5.74) is 2.87. The van der Waals surface area contributed by atoms with Gasteiger partial charge in [-0.2, -0.15) is 0 Å². The van der Waals surface area contributed by atoms with Crippen molar-refractivity contribution in [1.29, 1.82) is 0 Å². The van der Waals surface area contributed by atoms with Crippen LogP contribution in [0.4, 0.5) is 5.82 Å². The van der Waals surface area contributed by atoms with E-state index in [2.05, 4.69) is 20.6 Å². The molecule has 2 atom stereocenters. The first-order valence-corrected chi connectivity index (χ1v) is 9.90. The van der Waals surface area contributed by atoms with Gasteiger partial charge in [-0.1, -0.05) is 26.8 Å². The van der Waals surface area contributed by atoms with Gasteiger partial charge in [-0.15, -0.1) is 0 Å². The van der Waals surface area contributed by atoms with Crippen molar-refractivity contribution in [1.82, 2.24) is 15.3 Å². The molecule has 2 unspecified atom stereocenters. The number of anilines is 1. The Morgan fingerprint density at radius 1 is 1.28 bits per heavy atom. The van der Waals surface area contributed by atoms with Crippen molar-refractivity contribution in [3.63, 3.8) is 0 Å². The van der Waals surface area contributed by atoms with Crippen molar-refractivity contribution >= 4 is 28.1 Å². The largest absolute Gasteiger partial charge is 0.391 e. The molecule has 0 aromatic carbocycles. The molecule has 2 aromatic heterocycles. The second kappa shape index (κ2) is 10.7. The van der Waals surface area contributed by atoms with Gasteiger partial charge < -0.3 is 20.5 Å². The van der Waals surface area contributed by atoms with Crippen LogP contribution in [-0.2, 0) is 9.53 Å². The summed E-state index contributed by atoms with van der Waals surface area (Å²) in [6.07, 6.45) is 7.68. The quantitative estimate of drug-likeness (QED) is 0.691. The number of rotatable bonds is 6. The van der Waals surface area contributed by atoms with E-state index in [0.717, 1.165) is 27.6 Å². The fourth-order valence-corrected chi connectivity index (χ4v) is 3.02. The van der Waals surface area contributed by atoms with Gasteiger partial charge in [-0.05, 0) is 31.1 Å². The number of amides is 1. The zero-order valence-electron chi connectivity index (χ0n) is 17.7. The number of nitrogens with zero attached hydrogens (tertiary/aromatic N) is 2. The smallest absolute Gasteiger partial charge is 0.251 e. The molecule has 7 heteroatoms. The lowest BCUT2D eigenvalue weighted by atomic mass is 9.95. The molecular formula is C22H30N4O3. The summed E-state index contributed by atoms with van der Waals surface area (Å²) in [5, 5.41) is 17.7. The van der Waals surface area contributed by atoms with Crippen molar-refractivity contribution in [3.05, 3.63) is 48.1 Å². The van der Waals surface area contributed by atoms with Crippen LogP contribution in [0.5, 0.6) is 0 Å². The third kappa shape index (κ3) is 5.62. The molecule has 0 aliphatic carbocycles. The molecule has 0 radical (unpaired) electrons. The number of pyridine rings is 2. The first-order chi connectivity index (χ1) is 14.0. The highest BCUT2D eigenvalue weighted by molar-refractivity contribution is 5.94. The molecular weight excluding hydrogens is 368 g/mol. The standard InChI is InChI=1S/C20H24N4O3.C2H6/c1-4-18(25)17-5-12(2)15(10-22-17)16-6-13-9-23-19(7-14(13)8-21-16)24-20(26)11-27-3;1-2/h5-10,17-18,22,25H,4,11H2,1-3H3,(H,23,24,26);1-2H3. The number of carbonyl (C=O) groups excluding carboxylic acids is 1. The number of aliphatic hydroxyl groups is 1. The Kier molecular flexibility index (Phi) is 8.30. The molecule has 0 fully saturated rings. The molecule has 3 heterocycles. The SMILES string of the molecule is CC.CCC(O)C1C=C(C)C(c2cc3cnc(NC(=O)COC)cc3cn2)=CN1. The van der Waals surface area contributed by atoms with Gasteiger partial charge in [0, 0.05) is 42.0 Å². The average Bonchev–Trinajstić information content (AvgIpc) is 2.74. The maximum absolute atomic E-state index is 11.6. The van der Waals surface area contributed by atoms with E-state index in [4.69, 9.17) is 4.74 Å². The number of dihydropyridines is 1. The monoisotopic (exact) mass is 398 g/mol. The maximum atomic E-state index is 11.6. The number of allylic oxidation sites excluding steroid dienone is 2. The zero-order valence-corrected chi connectivity index (χ0v) is 17.7. The zero-order chi connectivity index (χ0) is 21.4. The number of aromatic nitrogens is 2. The summed E-state index contributed by atoms with van der Waals surface area (Å²) >= 11 is 0. The van der Waals surface area contributed by atoms with E-state index in [1.165, 1.54) is 7.11 Å². The maximum Gasteiger partial charge on any atom is 0.251 e. The van der Waals surface area contributed by atoms with Crippen molar-refractivity contribution in [2.75, 3.05) is 19.0 Å². The van der Waals surface area contributed by atoms with E-state index >= 15 is 0 Å². The molecule has 3 N–H and O–H groups in total. The molecule has 3 rings (SSSR count). The minimum Gasteiger partial charge on any atom is -0.391 e. The highest BCUT2D eigenvalue weighted by Gasteiger charge is 2.20. The summed E-state index contributed by atoms with van der Waals surface area (Å²) in [4.78, 5) is 20.4. The minimum absolute atomic E-state index is 0.0165. The number of carbonyl (C=O) groups is 1. The van der Waals surface area contributed by atoms with Crippen LogP contribution in [0.2, 0.25) is 0 Å². The lowest BCUT2D eigenvalue weighted by Gasteiger charge is -2.25. The van der Waals surface area contributed by atoms with Crippen molar-refractivity contribution in [2.24, 2.45) is 0 Å². The Bertz CT molecular complexity index is 908. The highest BCUT2D eigenvalue weighted by Crippen LogP contribution is 2.27. The van der Waals surface area contributed by atoms with Gasteiger partial charge in [-0.25, -0.2) is 4.98 Å². The Balaban J connectivity index is 0.00000145. The first-order valence-electron chi connectivity index (χ1n) is 9.90. The van der Waals surface area contributed by atoms with Crippen molar-refractivity contribution in [3.8, 4) is 0 Å². The lowest BCUT2D eigenvalue weighted by molar-refractivity contribution is -0.119.